The molecule has 0 unspecified atom stereocenters. The maximum absolute atomic E-state index is 13.5. The van der Waals surface area contributed by atoms with Crippen LogP contribution in [0.5, 0.6) is 0 Å². The monoisotopic (exact) mass is 382 g/mol. The van der Waals surface area contributed by atoms with Crippen molar-refractivity contribution in [3.8, 4) is 0 Å². The first-order chi connectivity index (χ1) is 12.7. The van der Waals surface area contributed by atoms with Gasteiger partial charge in [-0.05, 0) is 57.0 Å². The molecule has 0 spiro atoms. The van der Waals surface area contributed by atoms with E-state index in [2.05, 4.69) is 0 Å². The minimum Gasteiger partial charge on any atom is -0.311 e. The summed E-state index contributed by atoms with van der Waals surface area (Å²) in [5, 5.41) is 0. The van der Waals surface area contributed by atoms with Crippen LogP contribution < -0.4 is 9.21 Å². The van der Waals surface area contributed by atoms with Crippen molar-refractivity contribution < 1.29 is 13.2 Å². The lowest BCUT2D eigenvalue weighted by molar-refractivity contribution is -0.112. The molecule has 1 amide bonds. The number of amides is 1. The molecule has 0 saturated carbocycles. The highest BCUT2D eigenvalue weighted by molar-refractivity contribution is 7.92. The number of fused-ring (bicyclic) bond motifs is 2. The van der Waals surface area contributed by atoms with Crippen molar-refractivity contribution in [2.45, 2.75) is 38.1 Å². The zero-order chi connectivity index (χ0) is 19.5. The van der Waals surface area contributed by atoms with Crippen LogP contribution in [0.1, 0.15) is 31.9 Å². The van der Waals surface area contributed by atoms with Crippen LogP contribution in [0.3, 0.4) is 0 Å². The smallest absolute Gasteiger partial charge is 0.264 e. The number of benzene rings is 2. The summed E-state index contributed by atoms with van der Waals surface area (Å²) in [5.74, 6) is -0.0977. The van der Waals surface area contributed by atoms with E-state index in [1.54, 1.807) is 30.1 Å². The minimum absolute atomic E-state index is 0.0977. The molecule has 2 aliphatic heterocycles. The van der Waals surface area contributed by atoms with Gasteiger partial charge in [-0.1, -0.05) is 23.8 Å². The quantitative estimate of drug-likeness (QED) is 0.746. The average molecular weight is 382 g/mol. The Morgan fingerprint density at radius 1 is 1.07 bits per heavy atom. The molecule has 1 atom stereocenters. The normalized spacial score (nSPS) is 18.7. The summed E-state index contributed by atoms with van der Waals surface area (Å²) in [6.07, 6.45) is 0.695. The first-order valence-electron chi connectivity index (χ1n) is 8.95. The standard InChI is InChI=1S/C21H22N2O3S/c1-13(2)20-17-12-16(9-10-19(17)22(4)21(20)24)27(25,26)23-14(3)11-15-7-5-6-8-18(15)23/h5-10,12,14H,11H2,1-4H3/t14-/m0/s1. The number of hydrogen-bond donors (Lipinski definition) is 0. The van der Waals surface area contributed by atoms with E-state index in [1.807, 2.05) is 45.0 Å². The number of hydrogen-bond acceptors (Lipinski definition) is 3. The number of anilines is 2. The second kappa shape index (κ2) is 5.96. The molecule has 27 heavy (non-hydrogen) atoms. The van der Waals surface area contributed by atoms with Gasteiger partial charge in [-0.3, -0.25) is 9.10 Å². The third-order valence-electron chi connectivity index (χ3n) is 5.32. The number of nitrogens with zero attached hydrogens (tertiary/aromatic N) is 2. The van der Waals surface area contributed by atoms with Crippen LogP contribution >= 0.6 is 0 Å². The van der Waals surface area contributed by atoms with E-state index in [4.69, 9.17) is 0 Å². The Labute approximate surface area is 160 Å². The van der Waals surface area contributed by atoms with Gasteiger partial charge in [0.05, 0.1) is 16.3 Å². The molecule has 140 valence electrons. The third kappa shape index (κ3) is 2.51. The molecule has 4 rings (SSSR count). The Kier molecular flexibility index (Phi) is 3.93. The molecule has 0 aliphatic carbocycles. The summed E-state index contributed by atoms with van der Waals surface area (Å²) in [6, 6.07) is 12.4. The number of likely N-dealkylation sites (N-methyl/N-ethyl adjacent to an activating group) is 1. The lowest BCUT2D eigenvalue weighted by atomic mass is 10.0. The number of allylic oxidation sites excluding steroid dienone is 1. The van der Waals surface area contributed by atoms with Gasteiger partial charge >= 0.3 is 0 Å². The fraction of sp³-hybridized carbons (Fsp3) is 0.286. The summed E-state index contributed by atoms with van der Waals surface area (Å²) in [5.41, 5.74) is 4.66. The SMILES string of the molecule is CC(C)=C1C(=O)N(C)c2ccc(S(=O)(=O)N3c4ccccc4C[C@@H]3C)cc21. The molecule has 2 aromatic rings. The van der Waals surface area contributed by atoms with Gasteiger partial charge in [0.25, 0.3) is 15.9 Å². The van der Waals surface area contributed by atoms with E-state index in [0.717, 1.165) is 22.5 Å². The van der Waals surface area contributed by atoms with Gasteiger partial charge in [-0.2, -0.15) is 0 Å². The Morgan fingerprint density at radius 3 is 2.48 bits per heavy atom. The number of carbonyl (C=O) groups excluding carboxylic acids is 1. The van der Waals surface area contributed by atoms with E-state index in [9.17, 15) is 13.2 Å². The van der Waals surface area contributed by atoms with E-state index in [-0.39, 0.29) is 16.8 Å². The lowest BCUT2D eigenvalue weighted by Gasteiger charge is -2.24. The zero-order valence-corrected chi connectivity index (χ0v) is 16.7. The van der Waals surface area contributed by atoms with Gasteiger partial charge in [0, 0.05) is 24.2 Å². The van der Waals surface area contributed by atoms with Crippen LogP contribution in [-0.4, -0.2) is 27.4 Å². The molecular weight excluding hydrogens is 360 g/mol. The van der Waals surface area contributed by atoms with Crippen LogP contribution in [0.25, 0.3) is 5.57 Å². The van der Waals surface area contributed by atoms with Crippen molar-refractivity contribution >= 4 is 32.9 Å². The zero-order valence-electron chi connectivity index (χ0n) is 15.9. The molecule has 2 aliphatic rings. The van der Waals surface area contributed by atoms with Gasteiger partial charge in [0.1, 0.15) is 0 Å². The number of rotatable bonds is 2. The summed E-state index contributed by atoms with van der Waals surface area (Å²) in [4.78, 5) is 14.3. The molecule has 0 bridgehead atoms. The minimum atomic E-state index is -3.73. The van der Waals surface area contributed by atoms with Gasteiger partial charge in [-0.15, -0.1) is 0 Å². The lowest BCUT2D eigenvalue weighted by Crippen LogP contribution is -2.35. The van der Waals surface area contributed by atoms with Crippen molar-refractivity contribution in [3.63, 3.8) is 0 Å². The van der Waals surface area contributed by atoms with Gasteiger partial charge in [0.2, 0.25) is 0 Å². The highest BCUT2D eigenvalue weighted by Crippen LogP contribution is 2.41. The first kappa shape index (κ1) is 17.8. The predicted octanol–water partition coefficient (Wildman–Crippen LogP) is 3.60. The Balaban J connectivity index is 1.86. The van der Waals surface area contributed by atoms with Crippen LogP contribution in [-0.2, 0) is 21.2 Å². The summed E-state index contributed by atoms with van der Waals surface area (Å²) in [6.45, 7) is 5.66. The van der Waals surface area contributed by atoms with Crippen molar-refractivity contribution in [2.75, 3.05) is 16.3 Å². The molecule has 0 aromatic heterocycles. The van der Waals surface area contributed by atoms with E-state index in [0.29, 0.717) is 17.6 Å². The highest BCUT2D eigenvalue weighted by Gasteiger charge is 2.38. The van der Waals surface area contributed by atoms with Crippen LogP contribution in [0.15, 0.2) is 52.9 Å². The molecule has 2 heterocycles. The number of carbonyl (C=O) groups is 1. The molecule has 0 saturated heterocycles. The second-order valence-electron chi connectivity index (χ2n) is 7.40. The highest BCUT2D eigenvalue weighted by atomic mass is 32.2. The molecule has 0 fully saturated rings. The molecule has 0 N–H and O–H groups in total. The number of sulfonamides is 1. The summed E-state index contributed by atoms with van der Waals surface area (Å²) >= 11 is 0. The Morgan fingerprint density at radius 2 is 1.78 bits per heavy atom. The van der Waals surface area contributed by atoms with Crippen molar-refractivity contribution in [2.24, 2.45) is 0 Å². The fourth-order valence-corrected chi connectivity index (χ4v) is 5.78. The van der Waals surface area contributed by atoms with Crippen LogP contribution in [0.2, 0.25) is 0 Å². The Hall–Kier alpha value is -2.60. The van der Waals surface area contributed by atoms with Gasteiger partial charge in [-0.25, -0.2) is 8.42 Å². The van der Waals surface area contributed by atoms with Crippen molar-refractivity contribution in [1.29, 1.82) is 0 Å². The number of para-hydroxylation sites is 1. The van der Waals surface area contributed by atoms with Crippen molar-refractivity contribution in [3.05, 3.63) is 59.2 Å². The Bertz CT molecular complexity index is 1100. The predicted molar refractivity (Wildman–Crippen MR) is 107 cm³/mol. The summed E-state index contributed by atoms with van der Waals surface area (Å²) in [7, 11) is -2.01. The maximum Gasteiger partial charge on any atom is 0.264 e. The van der Waals surface area contributed by atoms with E-state index >= 15 is 0 Å². The average Bonchev–Trinajstić information content (AvgIpc) is 3.08. The van der Waals surface area contributed by atoms with Gasteiger partial charge in [0.15, 0.2) is 0 Å². The van der Waals surface area contributed by atoms with E-state index in [1.165, 1.54) is 4.31 Å². The third-order valence-corrected chi connectivity index (χ3v) is 7.24. The van der Waals surface area contributed by atoms with Gasteiger partial charge < -0.3 is 4.90 Å². The topological polar surface area (TPSA) is 57.7 Å². The molecule has 0 radical (unpaired) electrons. The maximum atomic E-state index is 13.5. The fourth-order valence-electron chi connectivity index (χ4n) is 4.06. The van der Waals surface area contributed by atoms with E-state index < -0.39 is 10.0 Å². The van der Waals surface area contributed by atoms with Crippen molar-refractivity contribution in [1.82, 2.24) is 0 Å². The van der Waals surface area contributed by atoms with Crippen LogP contribution in [0, 0.1) is 0 Å². The summed E-state index contributed by atoms with van der Waals surface area (Å²) < 4.78 is 28.4. The first-order valence-corrected chi connectivity index (χ1v) is 10.4. The molecule has 6 heteroatoms. The largest absolute Gasteiger partial charge is 0.311 e. The van der Waals surface area contributed by atoms with Crippen LogP contribution in [0.4, 0.5) is 11.4 Å². The molecular formula is C21H22N2O3S. The molecule has 2 aromatic carbocycles. The second-order valence-corrected chi connectivity index (χ2v) is 9.22. The molecule has 5 nitrogen and oxygen atoms in total.